The van der Waals surface area contributed by atoms with Crippen LogP contribution in [-0.4, -0.2) is 18.4 Å². The van der Waals surface area contributed by atoms with E-state index in [1.807, 2.05) is 13.0 Å². The molecule has 6 heteroatoms. The highest BCUT2D eigenvalue weighted by Gasteiger charge is 2.14. The second kappa shape index (κ2) is 7.99. The minimum Gasteiger partial charge on any atom is -0.348 e. The first-order valence-electron chi connectivity index (χ1n) is 7.05. The third-order valence-corrected chi connectivity index (χ3v) is 3.81. The van der Waals surface area contributed by atoms with Crippen LogP contribution in [0.1, 0.15) is 28.9 Å². The number of benzene rings is 2. The zero-order chi connectivity index (χ0) is 16.8. The Morgan fingerprint density at radius 1 is 1.09 bits per heavy atom. The van der Waals surface area contributed by atoms with Crippen molar-refractivity contribution in [2.24, 2.45) is 0 Å². The second-order valence-electron chi connectivity index (χ2n) is 5.00. The van der Waals surface area contributed by atoms with Gasteiger partial charge in [-0.2, -0.15) is 0 Å². The van der Waals surface area contributed by atoms with E-state index >= 15 is 0 Å². The van der Waals surface area contributed by atoms with E-state index < -0.39 is 0 Å². The van der Waals surface area contributed by atoms with Crippen LogP contribution in [0.3, 0.4) is 0 Å². The molecule has 2 aromatic rings. The molecule has 2 amide bonds. The van der Waals surface area contributed by atoms with Crippen LogP contribution in [0.15, 0.2) is 48.5 Å². The Labute approximate surface area is 144 Å². The fourth-order valence-electron chi connectivity index (χ4n) is 2.08. The molecular weight excluding hydrogens is 335 g/mol. The first-order valence-corrected chi connectivity index (χ1v) is 7.80. The summed E-state index contributed by atoms with van der Waals surface area (Å²) in [6.45, 7) is 1.70. The lowest BCUT2D eigenvalue weighted by molar-refractivity contribution is -0.120. The molecule has 2 rings (SSSR count). The standard InChI is InChI=1S/C17H16Cl2N2O2/c1-11(14-8-7-13(18)9-15(14)19)21-16(22)10-20-17(23)12-5-3-2-4-6-12/h2-9,11H,10H2,1H3,(H,20,23)(H,21,22). The van der Waals surface area contributed by atoms with Crippen molar-refractivity contribution in [3.8, 4) is 0 Å². The van der Waals surface area contributed by atoms with Crippen molar-refractivity contribution < 1.29 is 9.59 Å². The highest BCUT2D eigenvalue weighted by atomic mass is 35.5. The Bertz CT molecular complexity index is 705. The van der Waals surface area contributed by atoms with Gasteiger partial charge in [0.15, 0.2) is 0 Å². The number of hydrogen-bond donors (Lipinski definition) is 2. The highest BCUT2D eigenvalue weighted by molar-refractivity contribution is 6.35. The monoisotopic (exact) mass is 350 g/mol. The molecule has 0 spiro atoms. The third-order valence-electron chi connectivity index (χ3n) is 3.25. The van der Waals surface area contributed by atoms with Crippen molar-refractivity contribution in [1.29, 1.82) is 0 Å². The van der Waals surface area contributed by atoms with Crippen LogP contribution in [0.4, 0.5) is 0 Å². The smallest absolute Gasteiger partial charge is 0.251 e. The van der Waals surface area contributed by atoms with Crippen LogP contribution in [-0.2, 0) is 4.79 Å². The summed E-state index contributed by atoms with van der Waals surface area (Å²) in [6.07, 6.45) is 0. The number of amides is 2. The van der Waals surface area contributed by atoms with Crippen molar-refractivity contribution in [2.45, 2.75) is 13.0 Å². The lowest BCUT2D eigenvalue weighted by Gasteiger charge is -2.16. The van der Waals surface area contributed by atoms with Gasteiger partial charge < -0.3 is 10.6 Å². The number of rotatable bonds is 5. The highest BCUT2D eigenvalue weighted by Crippen LogP contribution is 2.25. The van der Waals surface area contributed by atoms with Crippen LogP contribution in [0, 0.1) is 0 Å². The van der Waals surface area contributed by atoms with E-state index in [1.165, 1.54) is 0 Å². The van der Waals surface area contributed by atoms with Gasteiger partial charge in [0.05, 0.1) is 12.6 Å². The first-order chi connectivity index (χ1) is 11.0. The van der Waals surface area contributed by atoms with Gasteiger partial charge in [-0.15, -0.1) is 0 Å². The molecule has 0 aliphatic heterocycles. The summed E-state index contributed by atoms with van der Waals surface area (Å²) in [5.41, 5.74) is 1.27. The van der Waals surface area contributed by atoms with Gasteiger partial charge in [-0.3, -0.25) is 9.59 Å². The van der Waals surface area contributed by atoms with Crippen molar-refractivity contribution >= 4 is 35.0 Å². The topological polar surface area (TPSA) is 58.2 Å². The van der Waals surface area contributed by atoms with Gasteiger partial charge in [-0.05, 0) is 36.8 Å². The van der Waals surface area contributed by atoms with Crippen molar-refractivity contribution in [3.63, 3.8) is 0 Å². The molecule has 120 valence electrons. The second-order valence-corrected chi connectivity index (χ2v) is 5.85. The molecule has 0 bridgehead atoms. The molecule has 0 saturated carbocycles. The van der Waals surface area contributed by atoms with Gasteiger partial charge in [0, 0.05) is 15.6 Å². The van der Waals surface area contributed by atoms with Crippen molar-refractivity contribution in [1.82, 2.24) is 10.6 Å². The summed E-state index contributed by atoms with van der Waals surface area (Å²) in [5, 5.41) is 6.38. The fraction of sp³-hybridized carbons (Fsp3) is 0.176. The predicted molar refractivity (Wildman–Crippen MR) is 91.8 cm³/mol. The zero-order valence-electron chi connectivity index (χ0n) is 12.5. The summed E-state index contributed by atoms with van der Waals surface area (Å²) in [7, 11) is 0. The molecule has 2 N–H and O–H groups in total. The van der Waals surface area contributed by atoms with Gasteiger partial charge in [0.1, 0.15) is 0 Å². The molecule has 0 aliphatic carbocycles. The number of carbonyl (C=O) groups is 2. The minimum atomic E-state index is -0.298. The Morgan fingerprint density at radius 3 is 2.43 bits per heavy atom. The normalized spacial score (nSPS) is 11.6. The van der Waals surface area contributed by atoms with Gasteiger partial charge in [0.2, 0.25) is 5.91 Å². The van der Waals surface area contributed by atoms with Gasteiger partial charge in [0.25, 0.3) is 5.91 Å². The lowest BCUT2D eigenvalue weighted by atomic mass is 10.1. The molecule has 0 radical (unpaired) electrons. The molecule has 1 atom stereocenters. The largest absolute Gasteiger partial charge is 0.348 e. The SMILES string of the molecule is CC(NC(=O)CNC(=O)c1ccccc1)c1ccc(Cl)cc1Cl. The van der Waals surface area contributed by atoms with E-state index in [4.69, 9.17) is 23.2 Å². The zero-order valence-corrected chi connectivity index (χ0v) is 14.0. The molecule has 0 aliphatic rings. The molecule has 0 fully saturated rings. The van der Waals surface area contributed by atoms with Gasteiger partial charge in [-0.25, -0.2) is 0 Å². The fourth-order valence-corrected chi connectivity index (χ4v) is 2.65. The maximum atomic E-state index is 11.9. The lowest BCUT2D eigenvalue weighted by Crippen LogP contribution is -2.38. The molecule has 4 nitrogen and oxygen atoms in total. The molecule has 2 aromatic carbocycles. The number of carbonyl (C=O) groups excluding carboxylic acids is 2. The first kappa shape index (κ1) is 17.3. The predicted octanol–water partition coefficient (Wildman–Crippen LogP) is 3.60. The Balaban J connectivity index is 1.88. The van der Waals surface area contributed by atoms with E-state index in [9.17, 15) is 9.59 Å². The maximum absolute atomic E-state index is 11.9. The van der Waals surface area contributed by atoms with E-state index in [1.54, 1.807) is 42.5 Å². The third kappa shape index (κ3) is 4.98. The van der Waals surface area contributed by atoms with Crippen molar-refractivity contribution in [2.75, 3.05) is 6.54 Å². The molecular formula is C17H16Cl2N2O2. The van der Waals surface area contributed by atoms with Gasteiger partial charge >= 0.3 is 0 Å². The van der Waals surface area contributed by atoms with Crippen LogP contribution in [0.5, 0.6) is 0 Å². The maximum Gasteiger partial charge on any atom is 0.251 e. The van der Waals surface area contributed by atoms with Crippen LogP contribution >= 0.6 is 23.2 Å². The average Bonchev–Trinajstić information content (AvgIpc) is 2.53. The summed E-state index contributed by atoms with van der Waals surface area (Å²) < 4.78 is 0. The van der Waals surface area contributed by atoms with Crippen LogP contribution < -0.4 is 10.6 Å². The number of hydrogen-bond acceptors (Lipinski definition) is 2. The average molecular weight is 351 g/mol. The minimum absolute atomic E-state index is 0.108. The Morgan fingerprint density at radius 2 is 1.78 bits per heavy atom. The van der Waals surface area contributed by atoms with E-state index in [-0.39, 0.29) is 24.4 Å². The van der Waals surface area contributed by atoms with E-state index in [0.29, 0.717) is 15.6 Å². The molecule has 0 aromatic heterocycles. The molecule has 0 heterocycles. The van der Waals surface area contributed by atoms with Crippen molar-refractivity contribution in [3.05, 3.63) is 69.7 Å². The van der Waals surface area contributed by atoms with Crippen LogP contribution in [0.25, 0.3) is 0 Å². The quantitative estimate of drug-likeness (QED) is 0.865. The Kier molecular flexibility index (Phi) is 6.02. The van der Waals surface area contributed by atoms with Crippen LogP contribution in [0.2, 0.25) is 10.0 Å². The molecule has 0 saturated heterocycles. The summed E-state index contributed by atoms with van der Waals surface area (Å²) in [5.74, 6) is -0.592. The Hall–Kier alpha value is -2.04. The molecule has 23 heavy (non-hydrogen) atoms. The molecule has 1 unspecified atom stereocenters. The van der Waals surface area contributed by atoms with E-state index in [0.717, 1.165) is 5.56 Å². The summed E-state index contributed by atoms with van der Waals surface area (Å²) in [6, 6.07) is 13.5. The summed E-state index contributed by atoms with van der Waals surface area (Å²) >= 11 is 12.0. The summed E-state index contributed by atoms with van der Waals surface area (Å²) in [4.78, 5) is 23.8. The van der Waals surface area contributed by atoms with Gasteiger partial charge in [-0.1, -0.05) is 47.5 Å². The number of halogens is 2. The number of nitrogens with one attached hydrogen (secondary N) is 2. The van der Waals surface area contributed by atoms with E-state index in [2.05, 4.69) is 10.6 Å².